The van der Waals surface area contributed by atoms with Crippen LogP contribution in [-0.4, -0.2) is 66.8 Å². The molecule has 3 aromatic carbocycles. The van der Waals surface area contributed by atoms with Gasteiger partial charge in [-0.15, -0.1) is 0 Å². The van der Waals surface area contributed by atoms with Crippen molar-refractivity contribution in [3.63, 3.8) is 0 Å². The van der Waals surface area contributed by atoms with Crippen molar-refractivity contribution in [3.05, 3.63) is 95.6 Å². The highest BCUT2D eigenvalue weighted by atomic mass is 16.5. The highest BCUT2D eigenvalue weighted by molar-refractivity contribution is 5.71. The summed E-state index contributed by atoms with van der Waals surface area (Å²) in [6.07, 6.45) is 3.31. The molecule has 2 aliphatic heterocycles. The molecule has 1 saturated heterocycles. The first-order valence-electron chi connectivity index (χ1n) is 12.3. The molecule has 5 rings (SSSR count). The van der Waals surface area contributed by atoms with Crippen LogP contribution in [0.1, 0.15) is 16.7 Å². The summed E-state index contributed by atoms with van der Waals surface area (Å²) in [5, 5.41) is 23.1. The van der Waals surface area contributed by atoms with Crippen LogP contribution in [-0.2, 0) is 6.42 Å². The number of anilines is 2. The molecule has 0 radical (unpaired) electrons. The summed E-state index contributed by atoms with van der Waals surface area (Å²) >= 11 is 0. The van der Waals surface area contributed by atoms with Gasteiger partial charge >= 0.3 is 0 Å². The third-order valence-electron chi connectivity index (χ3n) is 6.62. The number of nitrogens with one attached hydrogen (secondary N) is 1. The number of β-amino-alcohol motifs (C(OH)–C–C–N with tert-alkyl or cyclic N) is 1. The van der Waals surface area contributed by atoms with Gasteiger partial charge in [-0.1, -0.05) is 48.5 Å². The fraction of sp³-hybridized carbons (Fsp3) is 0.310. The summed E-state index contributed by atoms with van der Waals surface area (Å²) in [6.45, 7) is 4.58. The summed E-state index contributed by atoms with van der Waals surface area (Å²) in [5.74, 6) is 0.714. The van der Waals surface area contributed by atoms with E-state index >= 15 is 0 Å². The molecule has 0 spiro atoms. The fourth-order valence-corrected chi connectivity index (χ4v) is 4.69. The number of hydrogen-bond acceptors (Lipinski definition) is 6. The lowest BCUT2D eigenvalue weighted by Gasteiger charge is -2.37. The minimum Gasteiger partial charge on any atom is -0.491 e. The van der Waals surface area contributed by atoms with Gasteiger partial charge in [-0.2, -0.15) is 0 Å². The molecule has 0 amide bonds. The topological polar surface area (TPSA) is 68.2 Å². The molecule has 1 fully saturated rings. The summed E-state index contributed by atoms with van der Waals surface area (Å²) < 4.78 is 5.84. The second-order valence-corrected chi connectivity index (χ2v) is 9.28. The zero-order chi connectivity index (χ0) is 24.0. The lowest BCUT2D eigenvalue weighted by atomic mass is 10.0. The van der Waals surface area contributed by atoms with E-state index in [0.29, 0.717) is 12.3 Å². The van der Waals surface area contributed by atoms with E-state index in [1.165, 1.54) is 16.8 Å². The van der Waals surface area contributed by atoms with Crippen molar-refractivity contribution in [1.82, 2.24) is 4.90 Å². The zero-order valence-electron chi connectivity index (χ0n) is 19.9. The number of benzene rings is 3. The molecule has 6 heteroatoms. The molecule has 0 bridgehead atoms. The zero-order valence-corrected chi connectivity index (χ0v) is 19.9. The summed E-state index contributed by atoms with van der Waals surface area (Å²) in [7, 11) is 0. The molecular weight excluding hydrogens is 438 g/mol. The van der Waals surface area contributed by atoms with Crippen LogP contribution in [0.2, 0.25) is 0 Å². The van der Waals surface area contributed by atoms with Crippen LogP contribution in [0, 0.1) is 0 Å². The van der Waals surface area contributed by atoms with E-state index < -0.39 is 12.3 Å². The number of aliphatic hydroxyl groups is 2. The molecule has 0 aliphatic carbocycles. The highest BCUT2D eigenvalue weighted by Crippen LogP contribution is 2.27. The van der Waals surface area contributed by atoms with E-state index in [1.54, 1.807) is 6.08 Å². The summed E-state index contributed by atoms with van der Waals surface area (Å²) in [6, 6.07) is 25.1. The molecule has 0 aromatic heterocycles. The Kier molecular flexibility index (Phi) is 7.33. The van der Waals surface area contributed by atoms with Gasteiger partial charge in [0.25, 0.3) is 0 Å². The SMILES string of the molecule is OC1C=Cc2cc(OC[C@@H](O)CN3CCN(c4ccc(Cc5ccccc5)cc4)CC3)ccc2N1. The van der Waals surface area contributed by atoms with Gasteiger partial charge in [0.15, 0.2) is 0 Å². The first-order valence-corrected chi connectivity index (χ1v) is 12.3. The van der Waals surface area contributed by atoms with Crippen molar-refractivity contribution < 1.29 is 14.9 Å². The van der Waals surface area contributed by atoms with Crippen LogP contribution < -0.4 is 15.0 Å². The minimum absolute atomic E-state index is 0.252. The van der Waals surface area contributed by atoms with Gasteiger partial charge in [0, 0.05) is 49.7 Å². The number of rotatable bonds is 8. The van der Waals surface area contributed by atoms with Gasteiger partial charge in [-0.25, -0.2) is 0 Å². The number of piperazine rings is 1. The van der Waals surface area contributed by atoms with Crippen molar-refractivity contribution in [1.29, 1.82) is 0 Å². The van der Waals surface area contributed by atoms with E-state index in [0.717, 1.165) is 43.9 Å². The van der Waals surface area contributed by atoms with E-state index in [1.807, 2.05) is 24.3 Å². The second-order valence-electron chi connectivity index (χ2n) is 9.28. The van der Waals surface area contributed by atoms with Gasteiger partial charge in [0.05, 0.1) is 0 Å². The summed E-state index contributed by atoms with van der Waals surface area (Å²) in [4.78, 5) is 4.71. The molecule has 182 valence electrons. The van der Waals surface area contributed by atoms with E-state index in [-0.39, 0.29) is 6.61 Å². The van der Waals surface area contributed by atoms with E-state index in [2.05, 4.69) is 69.7 Å². The van der Waals surface area contributed by atoms with Crippen LogP contribution in [0.25, 0.3) is 6.08 Å². The third kappa shape index (κ3) is 6.22. The Morgan fingerprint density at radius 2 is 1.66 bits per heavy atom. The van der Waals surface area contributed by atoms with Crippen LogP contribution in [0.5, 0.6) is 5.75 Å². The van der Waals surface area contributed by atoms with E-state index in [9.17, 15) is 10.2 Å². The lowest BCUT2D eigenvalue weighted by molar-refractivity contribution is 0.0663. The average Bonchev–Trinajstić information content (AvgIpc) is 2.89. The Hall–Kier alpha value is -3.32. The predicted octanol–water partition coefficient (Wildman–Crippen LogP) is 3.60. The highest BCUT2D eigenvalue weighted by Gasteiger charge is 2.20. The lowest BCUT2D eigenvalue weighted by Crippen LogP contribution is -2.49. The Bertz CT molecular complexity index is 1130. The van der Waals surface area contributed by atoms with Gasteiger partial charge in [-0.05, 0) is 54.0 Å². The second kappa shape index (κ2) is 11.0. The van der Waals surface area contributed by atoms with Crippen LogP contribution >= 0.6 is 0 Å². The molecule has 0 saturated carbocycles. The summed E-state index contributed by atoms with van der Waals surface area (Å²) in [5.41, 5.74) is 5.75. The first kappa shape index (κ1) is 23.4. The number of hydrogen-bond donors (Lipinski definition) is 3. The molecule has 3 aromatic rings. The monoisotopic (exact) mass is 471 g/mol. The number of nitrogens with zero attached hydrogens (tertiary/aromatic N) is 2. The molecular formula is C29H33N3O3. The Morgan fingerprint density at radius 3 is 2.43 bits per heavy atom. The number of aliphatic hydroxyl groups excluding tert-OH is 2. The average molecular weight is 472 g/mol. The molecule has 2 heterocycles. The molecule has 35 heavy (non-hydrogen) atoms. The maximum absolute atomic E-state index is 10.5. The van der Waals surface area contributed by atoms with Crippen LogP contribution in [0.3, 0.4) is 0 Å². The van der Waals surface area contributed by atoms with Crippen molar-refractivity contribution in [2.24, 2.45) is 0 Å². The third-order valence-corrected chi connectivity index (χ3v) is 6.62. The molecule has 6 nitrogen and oxygen atoms in total. The van der Waals surface area contributed by atoms with Crippen molar-refractivity contribution in [2.75, 3.05) is 49.5 Å². The van der Waals surface area contributed by atoms with Crippen molar-refractivity contribution in [2.45, 2.75) is 18.8 Å². The Morgan fingerprint density at radius 1 is 0.914 bits per heavy atom. The van der Waals surface area contributed by atoms with Gasteiger partial charge in [0.2, 0.25) is 0 Å². The molecule has 2 aliphatic rings. The van der Waals surface area contributed by atoms with Gasteiger partial charge in [-0.3, -0.25) is 4.90 Å². The normalized spacial score (nSPS) is 18.6. The van der Waals surface area contributed by atoms with Crippen molar-refractivity contribution in [3.8, 4) is 5.75 Å². The quantitative estimate of drug-likeness (QED) is 0.467. The smallest absolute Gasteiger partial charge is 0.144 e. The largest absolute Gasteiger partial charge is 0.491 e. The minimum atomic E-state index is -0.657. The number of fused-ring (bicyclic) bond motifs is 1. The maximum atomic E-state index is 10.5. The Labute approximate surface area is 207 Å². The first-order chi connectivity index (χ1) is 17.1. The maximum Gasteiger partial charge on any atom is 0.144 e. The van der Waals surface area contributed by atoms with Crippen LogP contribution in [0.15, 0.2) is 78.9 Å². The predicted molar refractivity (Wildman–Crippen MR) is 141 cm³/mol. The molecule has 3 N–H and O–H groups in total. The standard InChI is InChI=1S/C29H33N3O3/c33-26(21-35-27-11-12-28-24(19-27)8-13-29(34)30-28)20-31-14-16-32(17-15-31)25-9-6-23(7-10-25)18-22-4-2-1-3-5-22/h1-13,19,26,29-30,33-34H,14-18,20-21H2/t26-,29?/m0/s1. The van der Waals surface area contributed by atoms with E-state index in [4.69, 9.17) is 4.74 Å². The number of ether oxygens (including phenoxy) is 1. The Balaban J connectivity index is 1.06. The fourth-order valence-electron chi connectivity index (χ4n) is 4.69. The molecule has 1 unspecified atom stereocenters. The molecule has 2 atom stereocenters. The van der Waals surface area contributed by atoms with Crippen LogP contribution in [0.4, 0.5) is 11.4 Å². The van der Waals surface area contributed by atoms with Crippen molar-refractivity contribution >= 4 is 17.5 Å². The van der Waals surface area contributed by atoms with Gasteiger partial charge in [0.1, 0.15) is 24.7 Å². The van der Waals surface area contributed by atoms with Gasteiger partial charge < -0.3 is 25.2 Å².